The highest BCUT2D eigenvalue weighted by molar-refractivity contribution is 5.76. The van der Waals surface area contributed by atoms with Crippen LogP contribution >= 0.6 is 0 Å². The molecular weight excluding hydrogens is 272 g/mol. The predicted octanol–water partition coefficient (Wildman–Crippen LogP) is 2.96. The van der Waals surface area contributed by atoms with Crippen LogP contribution in [0.5, 0.6) is 0 Å². The topological polar surface area (TPSA) is 42.7 Å². The minimum atomic E-state index is 0.753. The highest BCUT2D eigenvalue weighted by Gasteiger charge is 2.14. The molecule has 0 amide bonds. The van der Waals surface area contributed by atoms with Crippen molar-refractivity contribution in [3.05, 3.63) is 54.5 Å². The minimum Gasteiger partial charge on any atom is -0.317 e. The van der Waals surface area contributed by atoms with Gasteiger partial charge in [-0.1, -0.05) is 18.2 Å². The van der Waals surface area contributed by atoms with Gasteiger partial charge in [0.1, 0.15) is 12.1 Å². The maximum Gasteiger partial charge on any atom is 0.138 e. The van der Waals surface area contributed by atoms with Crippen LogP contribution in [0.2, 0.25) is 0 Å². The fourth-order valence-corrected chi connectivity index (χ4v) is 3.24. The van der Waals surface area contributed by atoms with Gasteiger partial charge in [-0.05, 0) is 62.5 Å². The Bertz CT molecular complexity index is 771. The molecule has 0 unspecified atom stereocenters. The second-order valence-corrected chi connectivity index (χ2v) is 5.99. The lowest BCUT2D eigenvalue weighted by Crippen LogP contribution is -2.28. The van der Waals surface area contributed by atoms with E-state index in [0.29, 0.717) is 0 Å². The minimum absolute atomic E-state index is 0.753. The Labute approximate surface area is 130 Å². The third kappa shape index (κ3) is 2.62. The SMILES string of the molecule is c1cc(CC2CCNCC2)nc(-n2cnc3ccccc32)c1. The maximum absolute atomic E-state index is 4.86. The molecule has 2 aromatic heterocycles. The van der Waals surface area contributed by atoms with Crippen LogP contribution in [-0.2, 0) is 6.42 Å². The number of rotatable bonds is 3. The summed E-state index contributed by atoms with van der Waals surface area (Å²) in [6.07, 6.45) is 5.43. The number of imidazole rings is 1. The molecule has 1 aliphatic heterocycles. The van der Waals surface area contributed by atoms with Crippen molar-refractivity contribution < 1.29 is 0 Å². The molecule has 1 aromatic carbocycles. The molecule has 3 aromatic rings. The van der Waals surface area contributed by atoms with Crippen LogP contribution < -0.4 is 5.32 Å². The summed E-state index contributed by atoms with van der Waals surface area (Å²) in [7, 11) is 0. The summed E-state index contributed by atoms with van der Waals surface area (Å²) in [6.45, 7) is 2.27. The van der Waals surface area contributed by atoms with Gasteiger partial charge in [-0.15, -0.1) is 0 Å². The van der Waals surface area contributed by atoms with Gasteiger partial charge in [-0.25, -0.2) is 9.97 Å². The molecule has 1 aliphatic rings. The molecule has 4 nitrogen and oxygen atoms in total. The lowest BCUT2D eigenvalue weighted by atomic mass is 9.93. The molecule has 22 heavy (non-hydrogen) atoms. The van der Waals surface area contributed by atoms with E-state index < -0.39 is 0 Å². The van der Waals surface area contributed by atoms with Crippen LogP contribution in [-0.4, -0.2) is 27.6 Å². The number of para-hydroxylation sites is 2. The number of benzene rings is 1. The quantitative estimate of drug-likeness (QED) is 0.807. The van der Waals surface area contributed by atoms with E-state index in [9.17, 15) is 0 Å². The molecule has 0 aliphatic carbocycles. The van der Waals surface area contributed by atoms with Gasteiger partial charge in [-0.2, -0.15) is 0 Å². The van der Waals surface area contributed by atoms with E-state index in [0.717, 1.165) is 42.3 Å². The Morgan fingerprint density at radius 3 is 2.82 bits per heavy atom. The van der Waals surface area contributed by atoms with E-state index in [2.05, 4.69) is 39.1 Å². The molecule has 0 saturated carbocycles. The summed E-state index contributed by atoms with van der Waals surface area (Å²) >= 11 is 0. The molecule has 112 valence electrons. The van der Waals surface area contributed by atoms with Gasteiger partial charge in [0.2, 0.25) is 0 Å². The number of fused-ring (bicyclic) bond motifs is 1. The van der Waals surface area contributed by atoms with Crippen molar-refractivity contribution in [1.82, 2.24) is 19.9 Å². The Hall–Kier alpha value is -2.20. The fraction of sp³-hybridized carbons (Fsp3) is 0.333. The standard InChI is InChI=1S/C18H20N4/c1-2-6-17-16(5-1)20-13-22(17)18-7-3-4-15(21-18)12-14-8-10-19-11-9-14/h1-7,13-14,19H,8-12H2. The fourth-order valence-electron chi connectivity index (χ4n) is 3.24. The number of piperidine rings is 1. The lowest BCUT2D eigenvalue weighted by molar-refractivity contribution is 0.370. The van der Waals surface area contributed by atoms with Gasteiger partial charge in [0.05, 0.1) is 11.0 Å². The number of pyridine rings is 1. The Kier molecular flexibility index (Phi) is 3.60. The van der Waals surface area contributed by atoms with Gasteiger partial charge in [0, 0.05) is 5.69 Å². The van der Waals surface area contributed by atoms with Crippen molar-refractivity contribution in [2.45, 2.75) is 19.3 Å². The molecule has 4 rings (SSSR count). The Morgan fingerprint density at radius 2 is 1.91 bits per heavy atom. The molecular formula is C18H20N4. The molecule has 4 heteroatoms. The van der Waals surface area contributed by atoms with Crippen LogP contribution in [0.1, 0.15) is 18.5 Å². The van der Waals surface area contributed by atoms with Crippen molar-refractivity contribution in [1.29, 1.82) is 0 Å². The molecule has 1 saturated heterocycles. The Morgan fingerprint density at radius 1 is 1.05 bits per heavy atom. The third-order valence-electron chi connectivity index (χ3n) is 4.45. The van der Waals surface area contributed by atoms with Crippen molar-refractivity contribution in [3.63, 3.8) is 0 Å². The number of aromatic nitrogens is 3. The zero-order valence-electron chi connectivity index (χ0n) is 12.6. The molecule has 1 N–H and O–H groups in total. The molecule has 0 radical (unpaired) electrons. The normalized spacial score (nSPS) is 16.2. The lowest BCUT2D eigenvalue weighted by Gasteiger charge is -2.22. The first kappa shape index (κ1) is 13.5. The monoisotopic (exact) mass is 292 g/mol. The summed E-state index contributed by atoms with van der Waals surface area (Å²) in [5.41, 5.74) is 3.30. The Balaban J connectivity index is 1.63. The van der Waals surface area contributed by atoms with Crippen LogP contribution in [0.4, 0.5) is 0 Å². The van der Waals surface area contributed by atoms with Crippen LogP contribution in [0.15, 0.2) is 48.8 Å². The summed E-state index contributed by atoms with van der Waals surface area (Å²) in [4.78, 5) is 9.32. The van der Waals surface area contributed by atoms with Crippen LogP contribution in [0, 0.1) is 5.92 Å². The third-order valence-corrected chi connectivity index (χ3v) is 4.45. The van der Waals surface area contributed by atoms with Crippen LogP contribution in [0.25, 0.3) is 16.9 Å². The zero-order valence-corrected chi connectivity index (χ0v) is 12.6. The molecule has 3 heterocycles. The van der Waals surface area contributed by atoms with Crippen molar-refractivity contribution in [2.75, 3.05) is 13.1 Å². The number of nitrogens with one attached hydrogen (secondary N) is 1. The number of hydrogen-bond acceptors (Lipinski definition) is 3. The summed E-state index contributed by atoms with van der Waals surface area (Å²) in [5, 5.41) is 3.42. The first-order valence-corrected chi connectivity index (χ1v) is 7.99. The van der Waals surface area contributed by atoms with Crippen LogP contribution in [0.3, 0.4) is 0 Å². The molecule has 0 bridgehead atoms. The van der Waals surface area contributed by atoms with Crippen molar-refractivity contribution in [3.8, 4) is 5.82 Å². The van der Waals surface area contributed by atoms with Crippen molar-refractivity contribution >= 4 is 11.0 Å². The summed E-state index contributed by atoms with van der Waals surface area (Å²) in [5.74, 6) is 1.71. The average Bonchev–Trinajstić information content (AvgIpc) is 3.00. The van der Waals surface area contributed by atoms with Gasteiger partial charge in [0.25, 0.3) is 0 Å². The second kappa shape index (κ2) is 5.89. The zero-order chi connectivity index (χ0) is 14.8. The van der Waals surface area contributed by atoms with Gasteiger partial charge in [0.15, 0.2) is 0 Å². The van der Waals surface area contributed by atoms with E-state index >= 15 is 0 Å². The predicted molar refractivity (Wildman–Crippen MR) is 88.2 cm³/mol. The number of hydrogen-bond donors (Lipinski definition) is 1. The smallest absolute Gasteiger partial charge is 0.138 e. The summed E-state index contributed by atoms with van der Waals surface area (Å²) in [6, 6.07) is 14.5. The average molecular weight is 292 g/mol. The van der Waals surface area contributed by atoms with E-state index in [1.165, 1.54) is 18.5 Å². The maximum atomic E-state index is 4.86. The highest BCUT2D eigenvalue weighted by atomic mass is 15.1. The van der Waals surface area contributed by atoms with Gasteiger partial charge < -0.3 is 5.32 Å². The first-order chi connectivity index (χ1) is 10.9. The largest absolute Gasteiger partial charge is 0.317 e. The molecule has 1 fully saturated rings. The van der Waals surface area contributed by atoms with Gasteiger partial charge >= 0.3 is 0 Å². The summed E-state index contributed by atoms with van der Waals surface area (Å²) < 4.78 is 2.07. The van der Waals surface area contributed by atoms with Crippen molar-refractivity contribution in [2.24, 2.45) is 5.92 Å². The van der Waals surface area contributed by atoms with E-state index in [1.54, 1.807) is 0 Å². The molecule has 0 atom stereocenters. The first-order valence-electron chi connectivity index (χ1n) is 7.99. The van der Waals surface area contributed by atoms with Gasteiger partial charge in [-0.3, -0.25) is 4.57 Å². The second-order valence-electron chi connectivity index (χ2n) is 5.99. The molecule has 0 spiro atoms. The number of nitrogens with zero attached hydrogens (tertiary/aromatic N) is 3. The van der Waals surface area contributed by atoms with E-state index in [-0.39, 0.29) is 0 Å². The van der Waals surface area contributed by atoms with E-state index in [4.69, 9.17) is 4.98 Å². The highest BCUT2D eigenvalue weighted by Crippen LogP contribution is 2.20. The van der Waals surface area contributed by atoms with E-state index in [1.807, 2.05) is 24.5 Å².